The fourth-order valence-corrected chi connectivity index (χ4v) is 3.29. The minimum atomic E-state index is 0. The van der Waals surface area contributed by atoms with Crippen LogP contribution in [0.15, 0.2) is 29.3 Å². The number of rotatable bonds is 7. The highest BCUT2D eigenvalue weighted by Crippen LogP contribution is 2.16. The zero-order valence-electron chi connectivity index (χ0n) is 17.5. The lowest BCUT2D eigenvalue weighted by Gasteiger charge is -2.19. The van der Waals surface area contributed by atoms with Crippen LogP contribution in [0.2, 0.25) is 0 Å². The SMILES string of the molecule is CCc1ccc(C(C)NC(=NC)NCc2c(CC)nn(C)c2CC)cc1.I. The number of aliphatic imine (C=N–C) groups is 1. The van der Waals surface area contributed by atoms with Gasteiger partial charge in [-0.3, -0.25) is 9.67 Å². The number of halogens is 1. The zero-order chi connectivity index (χ0) is 19.1. The second-order valence-corrected chi connectivity index (χ2v) is 6.59. The predicted molar refractivity (Wildman–Crippen MR) is 125 cm³/mol. The molecule has 1 heterocycles. The van der Waals surface area contributed by atoms with Crippen molar-refractivity contribution < 1.29 is 0 Å². The van der Waals surface area contributed by atoms with E-state index in [4.69, 9.17) is 0 Å². The fraction of sp³-hybridized carbons (Fsp3) is 0.524. The Morgan fingerprint density at radius 2 is 1.78 bits per heavy atom. The van der Waals surface area contributed by atoms with Gasteiger partial charge in [-0.25, -0.2) is 0 Å². The molecule has 1 aromatic carbocycles. The summed E-state index contributed by atoms with van der Waals surface area (Å²) < 4.78 is 2.00. The Labute approximate surface area is 181 Å². The van der Waals surface area contributed by atoms with Crippen LogP contribution < -0.4 is 10.6 Å². The number of guanidine groups is 1. The van der Waals surface area contributed by atoms with E-state index in [0.717, 1.165) is 37.5 Å². The molecular weight excluding hydrogens is 449 g/mol. The van der Waals surface area contributed by atoms with Gasteiger partial charge in [0.05, 0.1) is 11.7 Å². The van der Waals surface area contributed by atoms with Gasteiger partial charge in [0.25, 0.3) is 0 Å². The Kier molecular flexibility index (Phi) is 9.83. The van der Waals surface area contributed by atoms with Crippen molar-refractivity contribution >= 4 is 29.9 Å². The summed E-state index contributed by atoms with van der Waals surface area (Å²) in [6.45, 7) is 9.40. The Balaban J connectivity index is 0.00000364. The molecule has 27 heavy (non-hydrogen) atoms. The molecule has 5 nitrogen and oxygen atoms in total. The molecule has 1 unspecified atom stereocenters. The van der Waals surface area contributed by atoms with E-state index in [1.165, 1.54) is 22.4 Å². The van der Waals surface area contributed by atoms with Crippen LogP contribution in [0.1, 0.15) is 61.8 Å². The second kappa shape index (κ2) is 11.3. The third-order valence-electron chi connectivity index (χ3n) is 4.93. The molecule has 1 aromatic heterocycles. The summed E-state index contributed by atoms with van der Waals surface area (Å²) in [6, 6.07) is 8.96. The molecule has 0 spiro atoms. The molecular formula is C21H34IN5. The van der Waals surface area contributed by atoms with E-state index >= 15 is 0 Å². The molecule has 2 rings (SSSR count). The van der Waals surface area contributed by atoms with Crippen molar-refractivity contribution in [3.63, 3.8) is 0 Å². The molecule has 2 N–H and O–H groups in total. The Morgan fingerprint density at radius 1 is 1.11 bits per heavy atom. The molecule has 0 saturated heterocycles. The van der Waals surface area contributed by atoms with Gasteiger partial charge in [-0.1, -0.05) is 45.0 Å². The van der Waals surface area contributed by atoms with Crippen molar-refractivity contribution in [2.24, 2.45) is 12.0 Å². The van der Waals surface area contributed by atoms with E-state index in [1.54, 1.807) is 0 Å². The lowest BCUT2D eigenvalue weighted by atomic mass is 10.1. The van der Waals surface area contributed by atoms with Crippen molar-refractivity contribution in [3.8, 4) is 0 Å². The maximum Gasteiger partial charge on any atom is 0.191 e. The van der Waals surface area contributed by atoms with Gasteiger partial charge in [0.1, 0.15) is 0 Å². The van der Waals surface area contributed by atoms with Crippen LogP contribution in [0.3, 0.4) is 0 Å². The van der Waals surface area contributed by atoms with Crippen LogP contribution in [-0.4, -0.2) is 22.8 Å². The molecule has 0 radical (unpaired) electrons. The number of benzene rings is 1. The van der Waals surface area contributed by atoms with Crippen molar-refractivity contribution in [2.45, 2.75) is 59.5 Å². The first-order chi connectivity index (χ1) is 12.5. The molecule has 0 aliphatic heterocycles. The van der Waals surface area contributed by atoms with Crippen molar-refractivity contribution in [3.05, 3.63) is 52.3 Å². The standard InChI is InChI=1S/C21H33N5.HI/c1-7-16-10-12-17(13-11-16)15(4)24-21(22-5)23-14-18-19(8-2)25-26(6)20(18)9-3;/h10-13,15H,7-9,14H2,1-6H3,(H2,22,23,24);1H. The molecule has 6 heteroatoms. The Bertz CT molecular complexity index is 734. The summed E-state index contributed by atoms with van der Waals surface area (Å²) in [5.74, 6) is 0.810. The topological polar surface area (TPSA) is 54.2 Å². The molecule has 0 aliphatic carbocycles. The normalized spacial score (nSPS) is 12.4. The summed E-state index contributed by atoms with van der Waals surface area (Å²) in [4.78, 5) is 4.39. The fourth-order valence-electron chi connectivity index (χ4n) is 3.29. The highest BCUT2D eigenvalue weighted by atomic mass is 127. The molecule has 0 aliphatic rings. The van der Waals surface area contributed by atoms with Crippen molar-refractivity contribution in [2.75, 3.05) is 7.05 Å². The maximum atomic E-state index is 4.64. The monoisotopic (exact) mass is 483 g/mol. The minimum absolute atomic E-state index is 0. The average Bonchev–Trinajstić information content (AvgIpc) is 2.99. The van der Waals surface area contributed by atoms with Gasteiger partial charge in [-0.15, -0.1) is 24.0 Å². The average molecular weight is 483 g/mol. The van der Waals surface area contributed by atoms with Crippen LogP contribution in [-0.2, 0) is 32.9 Å². The number of nitrogens with one attached hydrogen (secondary N) is 2. The van der Waals surface area contributed by atoms with Gasteiger partial charge < -0.3 is 10.6 Å². The van der Waals surface area contributed by atoms with Gasteiger partial charge in [-0.05, 0) is 37.3 Å². The van der Waals surface area contributed by atoms with Gasteiger partial charge in [0, 0.05) is 31.9 Å². The summed E-state index contributed by atoms with van der Waals surface area (Å²) >= 11 is 0. The second-order valence-electron chi connectivity index (χ2n) is 6.59. The molecule has 0 fully saturated rings. The first-order valence-electron chi connectivity index (χ1n) is 9.63. The summed E-state index contributed by atoms with van der Waals surface area (Å²) in [5, 5.41) is 11.6. The van der Waals surface area contributed by atoms with Crippen LogP contribution in [0, 0.1) is 0 Å². The summed E-state index contributed by atoms with van der Waals surface area (Å²) in [7, 11) is 3.84. The van der Waals surface area contributed by atoms with Crippen LogP contribution in [0.5, 0.6) is 0 Å². The van der Waals surface area contributed by atoms with Gasteiger partial charge in [0.15, 0.2) is 5.96 Å². The highest BCUT2D eigenvalue weighted by molar-refractivity contribution is 14.0. The van der Waals surface area contributed by atoms with E-state index in [0.29, 0.717) is 0 Å². The van der Waals surface area contributed by atoms with Gasteiger partial charge in [-0.2, -0.15) is 5.10 Å². The summed E-state index contributed by atoms with van der Waals surface area (Å²) in [5.41, 5.74) is 6.36. The molecule has 2 aromatic rings. The smallest absolute Gasteiger partial charge is 0.191 e. The molecule has 0 amide bonds. The van der Waals surface area contributed by atoms with E-state index in [2.05, 4.69) is 72.7 Å². The third kappa shape index (κ3) is 5.96. The largest absolute Gasteiger partial charge is 0.352 e. The number of nitrogens with zero attached hydrogens (tertiary/aromatic N) is 3. The third-order valence-corrected chi connectivity index (χ3v) is 4.93. The van der Waals surface area contributed by atoms with E-state index in [1.807, 2.05) is 18.8 Å². The first kappa shape index (κ1) is 23.5. The van der Waals surface area contributed by atoms with Crippen LogP contribution in [0.25, 0.3) is 0 Å². The van der Waals surface area contributed by atoms with E-state index < -0.39 is 0 Å². The Hall–Kier alpha value is -1.57. The quantitative estimate of drug-likeness (QED) is 0.354. The molecule has 0 bridgehead atoms. The van der Waals surface area contributed by atoms with E-state index in [-0.39, 0.29) is 30.0 Å². The minimum Gasteiger partial charge on any atom is -0.352 e. The molecule has 0 saturated carbocycles. The molecule has 150 valence electrons. The van der Waals surface area contributed by atoms with Crippen molar-refractivity contribution in [1.82, 2.24) is 20.4 Å². The zero-order valence-corrected chi connectivity index (χ0v) is 19.8. The molecule has 1 atom stereocenters. The van der Waals surface area contributed by atoms with Crippen molar-refractivity contribution in [1.29, 1.82) is 0 Å². The van der Waals surface area contributed by atoms with E-state index in [9.17, 15) is 0 Å². The number of hydrogen-bond acceptors (Lipinski definition) is 2. The van der Waals surface area contributed by atoms with Gasteiger partial charge >= 0.3 is 0 Å². The number of aromatic nitrogens is 2. The summed E-state index contributed by atoms with van der Waals surface area (Å²) in [6.07, 6.45) is 2.99. The number of hydrogen-bond donors (Lipinski definition) is 2. The van der Waals surface area contributed by atoms with Gasteiger partial charge in [0.2, 0.25) is 0 Å². The maximum absolute atomic E-state index is 4.64. The highest BCUT2D eigenvalue weighted by Gasteiger charge is 2.14. The predicted octanol–water partition coefficient (Wildman–Crippen LogP) is 4.15. The number of aryl methyl sites for hydroxylation is 3. The Morgan fingerprint density at radius 3 is 2.30 bits per heavy atom. The van der Waals surface area contributed by atoms with Crippen LogP contribution in [0.4, 0.5) is 0 Å². The van der Waals surface area contributed by atoms with Crippen LogP contribution >= 0.6 is 24.0 Å². The lowest BCUT2D eigenvalue weighted by molar-refractivity contribution is 0.681. The lowest BCUT2D eigenvalue weighted by Crippen LogP contribution is -2.38. The first-order valence-corrected chi connectivity index (χ1v) is 9.63.